The first kappa shape index (κ1) is 23.5. The topological polar surface area (TPSA) is 108 Å². The molecule has 0 rings (SSSR count). The van der Waals surface area contributed by atoms with Crippen molar-refractivity contribution in [2.24, 2.45) is 5.92 Å². The standard InChI is InChI=1S/C13H24N2O5.Cs/c1-6-8(2)10(11(18)14-7-9(16)17)15-12(19)20-13(3,4)5;/h8,10H,6-7H2,1-5H3,(H,14,18)(H,15,19)(H,16,17);/q;+1/p-1/t8-,10-;/m0./s1. The summed E-state index contributed by atoms with van der Waals surface area (Å²) in [6, 6.07) is -0.853. The van der Waals surface area contributed by atoms with E-state index in [-0.39, 0.29) is 74.8 Å². The number of rotatable bonds is 6. The predicted octanol–water partition coefficient (Wildman–Crippen LogP) is -3.20. The second-order valence-electron chi connectivity index (χ2n) is 5.60. The van der Waals surface area contributed by atoms with E-state index in [1.54, 1.807) is 27.7 Å². The number of hydrogen-bond donors (Lipinski definition) is 2. The van der Waals surface area contributed by atoms with Crippen molar-refractivity contribution in [2.75, 3.05) is 6.54 Å². The summed E-state index contributed by atoms with van der Waals surface area (Å²) in [4.78, 5) is 33.9. The Bertz CT molecular complexity index is 368. The second kappa shape index (κ2) is 10.9. The van der Waals surface area contributed by atoms with E-state index in [0.29, 0.717) is 6.42 Å². The van der Waals surface area contributed by atoms with Gasteiger partial charge in [0.05, 0.1) is 12.5 Å². The Hall–Kier alpha value is 0.262. The summed E-state index contributed by atoms with van der Waals surface area (Å²) in [5, 5.41) is 15.0. The van der Waals surface area contributed by atoms with Gasteiger partial charge in [-0.2, -0.15) is 0 Å². The minimum absolute atomic E-state index is 0. The van der Waals surface area contributed by atoms with Crippen LogP contribution in [-0.4, -0.2) is 36.2 Å². The Labute approximate surface area is 184 Å². The number of nitrogens with one attached hydrogen (secondary N) is 2. The molecule has 7 nitrogen and oxygen atoms in total. The van der Waals surface area contributed by atoms with Crippen molar-refractivity contribution in [1.82, 2.24) is 10.6 Å². The van der Waals surface area contributed by atoms with E-state index in [2.05, 4.69) is 10.6 Å². The molecule has 0 aliphatic carbocycles. The van der Waals surface area contributed by atoms with E-state index < -0.39 is 36.2 Å². The van der Waals surface area contributed by atoms with Crippen LogP contribution >= 0.6 is 0 Å². The number of carbonyl (C=O) groups is 3. The molecule has 0 saturated heterocycles. The maximum Gasteiger partial charge on any atom is 1.00 e. The molecule has 0 unspecified atom stereocenters. The van der Waals surface area contributed by atoms with Gasteiger partial charge in [0.25, 0.3) is 0 Å². The van der Waals surface area contributed by atoms with Crippen LogP contribution in [0.5, 0.6) is 0 Å². The first-order valence-corrected chi connectivity index (χ1v) is 6.54. The number of alkyl carbamates (subject to hydrolysis) is 1. The zero-order chi connectivity index (χ0) is 15.9. The molecule has 2 amide bonds. The number of carboxylic acid groups (broad SMARTS) is 1. The minimum Gasteiger partial charge on any atom is -0.548 e. The fraction of sp³-hybridized carbons (Fsp3) is 0.769. The number of hydrogen-bond acceptors (Lipinski definition) is 5. The molecule has 2 N–H and O–H groups in total. The molecule has 116 valence electrons. The molecular weight excluding hydrogens is 397 g/mol. The van der Waals surface area contributed by atoms with E-state index in [1.807, 2.05) is 6.92 Å². The molecule has 8 heteroatoms. The molecular formula is C13H23CsN2O5. The van der Waals surface area contributed by atoms with Crippen LogP contribution in [0, 0.1) is 5.92 Å². The van der Waals surface area contributed by atoms with Gasteiger partial charge in [-0.15, -0.1) is 0 Å². The Kier molecular flexibility index (Phi) is 12.2. The molecule has 0 aromatic rings. The summed E-state index contributed by atoms with van der Waals surface area (Å²) in [6.45, 7) is 8.17. The Morgan fingerprint density at radius 2 is 1.76 bits per heavy atom. The van der Waals surface area contributed by atoms with Crippen LogP contribution in [0.1, 0.15) is 41.0 Å². The molecule has 2 atom stereocenters. The van der Waals surface area contributed by atoms with Gasteiger partial charge in [-0.3, -0.25) is 4.79 Å². The third-order valence-corrected chi connectivity index (χ3v) is 2.57. The average Bonchev–Trinajstić information content (AvgIpc) is 2.29. The first-order chi connectivity index (χ1) is 9.06. The third-order valence-electron chi connectivity index (χ3n) is 2.57. The molecule has 0 heterocycles. The molecule has 0 spiro atoms. The van der Waals surface area contributed by atoms with Crippen molar-refractivity contribution in [3.63, 3.8) is 0 Å². The average molecular weight is 420 g/mol. The molecule has 0 bridgehead atoms. The molecule has 0 aromatic carbocycles. The van der Waals surface area contributed by atoms with Crippen molar-refractivity contribution in [2.45, 2.75) is 52.7 Å². The summed E-state index contributed by atoms with van der Waals surface area (Å²) in [6.07, 6.45) is -0.0782. The van der Waals surface area contributed by atoms with Crippen molar-refractivity contribution >= 4 is 18.0 Å². The Balaban J connectivity index is 0. The molecule has 0 radical (unpaired) electrons. The van der Waals surface area contributed by atoms with Crippen LogP contribution in [0.4, 0.5) is 4.79 Å². The molecule has 21 heavy (non-hydrogen) atoms. The van der Waals surface area contributed by atoms with Gasteiger partial charge in [0, 0.05) is 0 Å². The minimum atomic E-state index is -1.39. The number of aliphatic carboxylic acids is 1. The summed E-state index contributed by atoms with van der Waals surface area (Å²) < 4.78 is 5.08. The Morgan fingerprint density at radius 1 is 1.24 bits per heavy atom. The van der Waals surface area contributed by atoms with Gasteiger partial charge < -0.3 is 25.3 Å². The smallest absolute Gasteiger partial charge is 0.548 e. The molecule has 0 aliphatic rings. The maximum atomic E-state index is 11.9. The van der Waals surface area contributed by atoms with Gasteiger partial charge in [0.2, 0.25) is 5.91 Å². The molecule has 0 saturated carbocycles. The van der Waals surface area contributed by atoms with E-state index in [0.717, 1.165) is 0 Å². The van der Waals surface area contributed by atoms with Gasteiger partial charge in [0.15, 0.2) is 0 Å². The monoisotopic (exact) mass is 420 g/mol. The van der Waals surface area contributed by atoms with Crippen LogP contribution < -0.4 is 84.6 Å². The number of amides is 2. The van der Waals surface area contributed by atoms with Crippen LogP contribution in [0.25, 0.3) is 0 Å². The van der Waals surface area contributed by atoms with Gasteiger partial charge in [-0.25, -0.2) is 4.79 Å². The van der Waals surface area contributed by atoms with Crippen molar-refractivity contribution in [3.05, 3.63) is 0 Å². The van der Waals surface area contributed by atoms with Crippen LogP contribution in [-0.2, 0) is 14.3 Å². The van der Waals surface area contributed by atoms with Gasteiger partial charge in [-0.05, 0) is 26.7 Å². The molecule has 0 aromatic heterocycles. The zero-order valence-corrected chi connectivity index (χ0v) is 19.9. The largest absolute Gasteiger partial charge is 1.00 e. The van der Waals surface area contributed by atoms with Gasteiger partial charge in [-0.1, -0.05) is 20.3 Å². The van der Waals surface area contributed by atoms with Gasteiger partial charge in [0.1, 0.15) is 11.6 Å². The number of ether oxygens (including phenoxy) is 1. The van der Waals surface area contributed by atoms with Crippen LogP contribution in [0.2, 0.25) is 0 Å². The summed E-state index contributed by atoms with van der Waals surface area (Å²) in [7, 11) is 0. The van der Waals surface area contributed by atoms with Crippen molar-refractivity contribution in [1.29, 1.82) is 0 Å². The molecule has 0 aliphatic heterocycles. The fourth-order valence-electron chi connectivity index (χ4n) is 1.41. The fourth-order valence-corrected chi connectivity index (χ4v) is 1.41. The van der Waals surface area contributed by atoms with E-state index >= 15 is 0 Å². The summed E-state index contributed by atoms with van der Waals surface area (Å²) >= 11 is 0. The maximum absolute atomic E-state index is 11.9. The molecule has 0 fully saturated rings. The predicted molar refractivity (Wildman–Crippen MR) is 70.6 cm³/mol. The zero-order valence-electron chi connectivity index (χ0n) is 13.6. The quantitative estimate of drug-likeness (QED) is 0.471. The normalized spacial score (nSPS) is 13.4. The van der Waals surface area contributed by atoms with E-state index in [1.165, 1.54) is 0 Å². The Morgan fingerprint density at radius 3 is 2.14 bits per heavy atom. The number of carbonyl (C=O) groups excluding carboxylic acids is 3. The summed E-state index contributed by atoms with van der Waals surface area (Å²) in [5.74, 6) is -2.13. The van der Waals surface area contributed by atoms with Crippen LogP contribution in [0.15, 0.2) is 0 Å². The van der Waals surface area contributed by atoms with Crippen LogP contribution in [0.3, 0.4) is 0 Å². The van der Waals surface area contributed by atoms with Gasteiger partial charge >= 0.3 is 75.0 Å². The summed E-state index contributed by atoms with van der Waals surface area (Å²) in [5.41, 5.74) is -0.675. The second-order valence-corrected chi connectivity index (χ2v) is 5.60. The van der Waals surface area contributed by atoms with E-state index in [4.69, 9.17) is 4.74 Å². The number of carboxylic acids is 1. The SMILES string of the molecule is CC[C@H](C)[C@H](NC(=O)OC(C)(C)C)C(=O)NCC(=O)[O-].[Cs+]. The van der Waals surface area contributed by atoms with E-state index in [9.17, 15) is 19.5 Å². The van der Waals surface area contributed by atoms with Crippen molar-refractivity contribution < 1.29 is 93.1 Å². The van der Waals surface area contributed by atoms with Crippen molar-refractivity contribution in [3.8, 4) is 0 Å². The first-order valence-electron chi connectivity index (χ1n) is 6.54. The third kappa shape index (κ3) is 11.5.